The highest BCUT2D eigenvalue weighted by atomic mass is 15.2. The number of nitrogens with one attached hydrogen (secondary N) is 1. The van der Waals surface area contributed by atoms with Crippen LogP contribution < -0.4 is 5.32 Å². The number of aryl methyl sites for hydroxylation is 1. The van der Waals surface area contributed by atoms with E-state index >= 15 is 0 Å². The highest BCUT2D eigenvalue weighted by Gasteiger charge is 2.42. The predicted octanol–water partition coefficient (Wildman–Crippen LogP) is 3.00. The second-order valence-corrected chi connectivity index (χ2v) is 6.99. The lowest BCUT2D eigenvalue weighted by Crippen LogP contribution is -2.51. The van der Waals surface area contributed by atoms with Crippen molar-refractivity contribution in [2.75, 3.05) is 26.2 Å². The van der Waals surface area contributed by atoms with Crippen LogP contribution in [0.5, 0.6) is 0 Å². The van der Waals surface area contributed by atoms with E-state index < -0.39 is 0 Å². The number of hydrogen-bond donors (Lipinski definition) is 1. The summed E-state index contributed by atoms with van der Waals surface area (Å²) in [5.74, 6) is 0.919. The maximum atomic E-state index is 3.82. The van der Waals surface area contributed by atoms with Gasteiger partial charge in [0, 0.05) is 18.6 Å². The van der Waals surface area contributed by atoms with Gasteiger partial charge >= 0.3 is 0 Å². The number of rotatable bonds is 4. The minimum absolute atomic E-state index is 0.364. The molecule has 1 atom stereocenters. The first kappa shape index (κ1) is 14.1. The van der Waals surface area contributed by atoms with Gasteiger partial charge in [-0.2, -0.15) is 0 Å². The van der Waals surface area contributed by atoms with Crippen LogP contribution in [-0.2, 0) is 6.42 Å². The SMILES string of the molecule is Cc1cccc(CCN2CCCNC(C)(C3CC3)C2)c1. The highest BCUT2D eigenvalue weighted by Crippen LogP contribution is 2.40. The molecule has 1 heterocycles. The van der Waals surface area contributed by atoms with Crippen LogP contribution in [0.3, 0.4) is 0 Å². The normalized spacial score (nSPS) is 28.3. The Hall–Kier alpha value is -0.860. The van der Waals surface area contributed by atoms with Gasteiger partial charge in [0.05, 0.1) is 0 Å². The maximum Gasteiger partial charge on any atom is 0.0308 e. The molecular formula is C18H28N2. The Morgan fingerprint density at radius 3 is 2.95 bits per heavy atom. The second kappa shape index (κ2) is 5.87. The Balaban J connectivity index is 1.58. The van der Waals surface area contributed by atoms with Crippen molar-refractivity contribution in [3.63, 3.8) is 0 Å². The summed E-state index contributed by atoms with van der Waals surface area (Å²) in [6, 6.07) is 8.96. The number of benzene rings is 1. The van der Waals surface area contributed by atoms with E-state index in [1.165, 1.54) is 63.0 Å². The molecule has 1 saturated heterocycles. The molecule has 20 heavy (non-hydrogen) atoms. The summed E-state index contributed by atoms with van der Waals surface area (Å²) in [6.07, 6.45) is 5.32. The van der Waals surface area contributed by atoms with Crippen molar-refractivity contribution in [2.45, 2.75) is 45.1 Å². The lowest BCUT2D eigenvalue weighted by atomic mass is 9.95. The summed E-state index contributed by atoms with van der Waals surface area (Å²) >= 11 is 0. The summed E-state index contributed by atoms with van der Waals surface area (Å²) in [4.78, 5) is 2.68. The van der Waals surface area contributed by atoms with E-state index in [0.29, 0.717) is 5.54 Å². The Labute approximate surface area is 123 Å². The van der Waals surface area contributed by atoms with E-state index in [0.717, 1.165) is 5.92 Å². The molecule has 0 spiro atoms. The molecule has 1 N–H and O–H groups in total. The fourth-order valence-electron chi connectivity index (χ4n) is 3.62. The molecule has 0 bridgehead atoms. The minimum Gasteiger partial charge on any atom is -0.310 e. The fraction of sp³-hybridized carbons (Fsp3) is 0.667. The Bertz CT molecular complexity index is 452. The van der Waals surface area contributed by atoms with Crippen LogP contribution in [0, 0.1) is 12.8 Å². The molecular weight excluding hydrogens is 244 g/mol. The summed E-state index contributed by atoms with van der Waals surface area (Å²) < 4.78 is 0. The molecule has 1 aliphatic carbocycles. The molecule has 2 aliphatic rings. The topological polar surface area (TPSA) is 15.3 Å². The second-order valence-electron chi connectivity index (χ2n) is 6.99. The van der Waals surface area contributed by atoms with E-state index in [2.05, 4.69) is 48.3 Å². The van der Waals surface area contributed by atoms with E-state index in [9.17, 15) is 0 Å². The fourth-order valence-corrected chi connectivity index (χ4v) is 3.62. The van der Waals surface area contributed by atoms with Crippen molar-refractivity contribution in [1.82, 2.24) is 10.2 Å². The van der Waals surface area contributed by atoms with Crippen LogP contribution in [0.4, 0.5) is 0 Å². The average Bonchev–Trinajstić information content (AvgIpc) is 3.24. The Morgan fingerprint density at radius 2 is 2.20 bits per heavy atom. The number of hydrogen-bond acceptors (Lipinski definition) is 2. The minimum atomic E-state index is 0.364. The Morgan fingerprint density at radius 1 is 1.35 bits per heavy atom. The summed E-state index contributed by atoms with van der Waals surface area (Å²) in [7, 11) is 0. The predicted molar refractivity (Wildman–Crippen MR) is 85.1 cm³/mol. The van der Waals surface area contributed by atoms with Crippen molar-refractivity contribution in [3.05, 3.63) is 35.4 Å². The third kappa shape index (κ3) is 3.42. The lowest BCUT2D eigenvalue weighted by molar-refractivity contribution is 0.203. The standard InChI is InChI=1S/C18H28N2/c1-15-5-3-6-16(13-15)9-12-20-11-4-10-19-18(2,14-20)17-7-8-17/h3,5-6,13,17,19H,4,7-12,14H2,1-2H3. The van der Waals surface area contributed by atoms with Crippen molar-refractivity contribution in [2.24, 2.45) is 5.92 Å². The van der Waals surface area contributed by atoms with Crippen molar-refractivity contribution >= 4 is 0 Å². The van der Waals surface area contributed by atoms with Gasteiger partial charge in [-0.1, -0.05) is 29.8 Å². The van der Waals surface area contributed by atoms with Gasteiger partial charge in [-0.3, -0.25) is 0 Å². The first-order chi connectivity index (χ1) is 9.66. The molecule has 0 radical (unpaired) electrons. The molecule has 2 fully saturated rings. The molecule has 2 nitrogen and oxygen atoms in total. The first-order valence-electron chi connectivity index (χ1n) is 8.19. The van der Waals surface area contributed by atoms with Crippen molar-refractivity contribution < 1.29 is 0 Å². The van der Waals surface area contributed by atoms with Crippen molar-refractivity contribution in [1.29, 1.82) is 0 Å². The average molecular weight is 272 g/mol. The van der Waals surface area contributed by atoms with Crippen molar-refractivity contribution in [3.8, 4) is 0 Å². The van der Waals surface area contributed by atoms with Gasteiger partial charge in [0.1, 0.15) is 0 Å². The maximum absolute atomic E-state index is 3.82. The number of nitrogens with zero attached hydrogens (tertiary/aromatic N) is 1. The van der Waals surface area contributed by atoms with Gasteiger partial charge in [0.15, 0.2) is 0 Å². The molecule has 1 unspecified atom stereocenters. The molecule has 0 aromatic heterocycles. The third-order valence-corrected chi connectivity index (χ3v) is 5.01. The largest absolute Gasteiger partial charge is 0.310 e. The lowest BCUT2D eigenvalue weighted by Gasteiger charge is -2.34. The third-order valence-electron chi connectivity index (χ3n) is 5.01. The Kier molecular flexibility index (Phi) is 4.13. The molecule has 1 aliphatic heterocycles. The quantitative estimate of drug-likeness (QED) is 0.906. The van der Waals surface area contributed by atoms with Gasteiger partial charge in [-0.05, 0) is 64.1 Å². The summed E-state index contributed by atoms with van der Waals surface area (Å²) in [5.41, 5.74) is 3.22. The van der Waals surface area contributed by atoms with Gasteiger partial charge in [0.2, 0.25) is 0 Å². The van der Waals surface area contributed by atoms with Crippen LogP contribution >= 0.6 is 0 Å². The van der Waals surface area contributed by atoms with Gasteiger partial charge < -0.3 is 10.2 Å². The van der Waals surface area contributed by atoms with Gasteiger partial charge in [-0.25, -0.2) is 0 Å². The van der Waals surface area contributed by atoms with Gasteiger partial charge in [0.25, 0.3) is 0 Å². The zero-order chi connectivity index (χ0) is 14.0. The monoisotopic (exact) mass is 272 g/mol. The molecule has 0 amide bonds. The van der Waals surface area contributed by atoms with E-state index in [4.69, 9.17) is 0 Å². The molecule has 2 heteroatoms. The van der Waals surface area contributed by atoms with Crippen LogP contribution in [0.25, 0.3) is 0 Å². The van der Waals surface area contributed by atoms with Crippen LogP contribution in [0.2, 0.25) is 0 Å². The van der Waals surface area contributed by atoms with E-state index in [1.54, 1.807) is 0 Å². The summed E-state index contributed by atoms with van der Waals surface area (Å²) in [5, 5.41) is 3.82. The van der Waals surface area contributed by atoms with E-state index in [-0.39, 0.29) is 0 Å². The first-order valence-corrected chi connectivity index (χ1v) is 8.19. The zero-order valence-corrected chi connectivity index (χ0v) is 13.0. The molecule has 1 aromatic rings. The van der Waals surface area contributed by atoms with E-state index in [1.807, 2.05) is 0 Å². The van der Waals surface area contributed by atoms with Crippen LogP contribution in [-0.4, -0.2) is 36.6 Å². The van der Waals surface area contributed by atoms with Gasteiger partial charge in [-0.15, -0.1) is 0 Å². The molecule has 110 valence electrons. The zero-order valence-electron chi connectivity index (χ0n) is 13.0. The molecule has 1 saturated carbocycles. The van der Waals surface area contributed by atoms with Crippen LogP contribution in [0.1, 0.15) is 37.3 Å². The van der Waals surface area contributed by atoms with Crippen LogP contribution in [0.15, 0.2) is 24.3 Å². The highest BCUT2D eigenvalue weighted by molar-refractivity contribution is 5.22. The summed E-state index contributed by atoms with van der Waals surface area (Å²) in [6.45, 7) is 9.49. The molecule has 1 aromatic carbocycles. The smallest absolute Gasteiger partial charge is 0.0308 e. The molecule has 3 rings (SSSR count).